The highest BCUT2D eigenvalue weighted by molar-refractivity contribution is 5.25. The summed E-state index contributed by atoms with van der Waals surface area (Å²) in [6.45, 7) is 13.0. The van der Waals surface area contributed by atoms with Crippen LogP contribution >= 0.6 is 0 Å². The van der Waals surface area contributed by atoms with Gasteiger partial charge in [-0.15, -0.1) is 0 Å². The van der Waals surface area contributed by atoms with Gasteiger partial charge in [0.2, 0.25) is 0 Å². The summed E-state index contributed by atoms with van der Waals surface area (Å²) in [6.07, 6.45) is 0. The topological polar surface area (TPSA) is 9.23 Å². The van der Waals surface area contributed by atoms with Crippen molar-refractivity contribution in [2.45, 2.75) is 34.6 Å². The molecule has 0 spiro atoms. The third-order valence-corrected chi connectivity index (χ3v) is 2.49. The summed E-state index contributed by atoms with van der Waals surface area (Å²) in [5.41, 5.74) is 3.32. The molecule has 12 heavy (non-hydrogen) atoms. The van der Waals surface area contributed by atoms with Crippen molar-refractivity contribution in [3.05, 3.63) is 11.1 Å². The molecule has 0 aromatic heterocycles. The maximum absolute atomic E-state index is 5.48. The predicted octanol–water partition coefficient (Wildman–Crippen LogP) is 3.02. The molecule has 0 radical (unpaired) electrons. The Morgan fingerprint density at radius 2 is 1.75 bits per heavy atom. The molecule has 0 N–H and O–H groups in total. The van der Waals surface area contributed by atoms with E-state index >= 15 is 0 Å². The SMILES string of the molecule is CC(C)C1=C(C(C)(C)C)COC1. The minimum atomic E-state index is 0.288. The molecule has 1 heterocycles. The Morgan fingerprint density at radius 3 is 2.08 bits per heavy atom. The summed E-state index contributed by atoms with van der Waals surface area (Å²) in [4.78, 5) is 0. The Bertz CT molecular complexity index is 194. The maximum Gasteiger partial charge on any atom is 0.0689 e. The average molecular weight is 168 g/mol. The van der Waals surface area contributed by atoms with E-state index < -0.39 is 0 Å². The standard InChI is InChI=1S/C11H20O/c1-8(2)9-6-12-7-10(9)11(3,4)5/h8H,6-7H2,1-5H3. The molecule has 0 bridgehead atoms. The van der Waals surface area contributed by atoms with Crippen molar-refractivity contribution in [3.8, 4) is 0 Å². The normalized spacial score (nSPS) is 19.5. The van der Waals surface area contributed by atoms with Gasteiger partial charge in [-0.25, -0.2) is 0 Å². The number of ether oxygens (including phenoxy) is 1. The van der Waals surface area contributed by atoms with Crippen LogP contribution in [0.4, 0.5) is 0 Å². The van der Waals surface area contributed by atoms with Crippen LogP contribution in [-0.2, 0) is 4.74 Å². The number of hydrogen-bond acceptors (Lipinski definition) is 1. The zero-order valence-corrected chi connectivity index (χ0v) is 8.90. The Labute approximate surface area is 75.8 Å². The summed E-state index contributed by atoms with van der Waals surface area (Å²) < 4.78 is 5.48. The molecule has 0 saturated carbocycles. The first kappa shape index (κ1) is 9.79. The van der Waals surface area contributed by atoms with Gasteiger partial charge in [-0.05, 0) is 22.5 Å². The molecule has 0 aliphatic carbocycles. The monoisotopic (exact) mass is 168 g/mol. The average Bonchev–Trinajstić information content (AvgIpc) is 2.30. The van der Waals surface area contributed by atoms with E-state index in [2.05, 4.69) is 34.6 Å². The number of hydrogen-bond donors (Lipinski definition) is 0. The van der Waals surface area contributed by atoms with Crippen LogP contribution in [0.2, 0.25) is 0 Å². The second-order valence-corrected chi connectivity index (χ2v) is 4.90. The lowest BCUT2D eigenvalue weighted by atomic mass is 9.82. The molecule has 1 rings (SSSR count). The molecule has 0 aromatic carbocycles. The summed E-state index contributed by atoms with van der Waals surface area (Å²) in [5.74, 6) is 0.640. The van der Waals surface area contributed by atoms with Crippen LogP contribution < -0.4 is 0 Å². The van der Waals surface area contributed by atoms with Gasteiger partial charge in [-0.2, -0.15) is 0 Å². The van der Waals surface area contributed by atoms with Crippen LogP contribution in [0.1, 0.15) is 34.6 Å². The number of rotatable bonds is 1. The molecular formula is C11H20O. The smallest absolute Gasteiger partial charge is 0.0689 e. The third-order valence-electron chi connectivity index (χ3n) is 2.49. The van der Waals surface area contributed by atoms with Gasteiger partial charge in [-0.3, -0.25) is 0 Å². The molecular weight excluding hydrogens is 148 g/mol. The molecule has 1 heteroatoms. The van der Waals surface area contributed by atoms with Crippen molar-refractivity contribution < 1.29 is 4.74 Å². The van der Waals surface area contributed by atoms with Crippen LogP contribution in [0.25, 0.3) is 0 Å². The van der Waals surface area contributed by atoms with Crippen molar-refractivity contribution in [3.63, 3.8) is 0 Å². The molecule has 0 unspecified atom stereocenters. The van der Waals surface area contributed by atoms with Crippen LogP contribution in [-0.4, -0.2) is 13.2 Å². The lowest BCUT2D eigenvalue weighted by Gasteiger charge is -2.22. The van der Waals surface area contributed by atoms with Gasteiger partial charge in [0.1, 0.15) is 0 Å². The van der Waals surface area contributed by atoms with Crippen molar-refractivity contribution in [1.82, 2.24) is 0 Å². The fourth-order valence-corrected chi connectivity index (χ4v) is 1.66. The Hall–Kier alpha value is -0.300. The first-order valence-electron chi connectivity index (χ1n) is 4.73. The van der Waals surface area contributed by atoms with Gasteiger partial charge in [0.05, 0.1) is 13.2 Å². The van der Waals surface area contributed by atoms with E-state index in [1.54, 1.807) is 0 Å². The molecule has 1 nitrogen and oxygen atoms in total. The molecule has 70 valence electrons. The van der Waals surface area contributed by atoms with E-state index in [0.717, 1.165) is 13.2 Å². The quantitative estimate of drug-likeness (QED) is 0.547. The Kier molecular flexibility index (Phi) is 2.62. The van der Waals surface area contributed by atoms with E-state index in [1.165, 1.54) is 11.1 Å². The van der Waals surface area contributed by atoms with Crippen molar-refractivity contribution >= 4 is 0 Å². The molecule has 0 atom stereocenters. The lowest BCUT2D eigenvalue weighted by molar-refractivity contribution is 0.193. The second kappa shape index (κ2) is 3.21. The van der Waals surface area contributed by atoms with Gasteiger partial charge >= 0.3 is 0 Å². The minimum Gasteiger partial charge on any atom is -0.373 e. The first-order valence-corrected chi connectivity index (χ1v) is 4.73. The van der Waals surface area contributed by atoms with E-state index in [4.69, 9.17) is 4.74 Å². The lowest BCUT2D eigenvalue weighted by Crippen LogP contribution is -2.13. The van der Waals surface area contributed by atoms with E-state index in [1.807, 2.05) is 0 Å². The highest BCUT2D eigenvalue weighted by Crippen LogP contribution is 2.34. The molecule has 0 saturated heterocycles. The summed E-state index contributed by atoms with van der Waals surface area (Å²) in [6, 6.07) is 0. The molecule has 0 amide bonds. The van der Waals surface area contributed by atoms with Crippen LogP contribution in [0.15, 0.2) is 11.1 Å². The highest BCUT2D eigenvalue weighted by atomic mass is 16.5. The van der Waals surface area contributed by atoms with E-state index in [-0.39, 0.29) is 5.41 Å². The van der Waals surface area contributed by atoms with Crippen molar-refractivity contribution in [1.29, 1.82) is 0 Å². The third kappa shape index (κ3) is 1.89. The van der Waals surface area contributed by atoms with Crippen molar-refractivity contribution in [2.75, 3.05) is 13.2 Å². The van der Waals surface area contributed by atoms with Crippen molar-refractivity contribution in [2.24, 2.45) is 11.3 Å². The van der Waals surface area contributed by atoms with E-state index in [9.17, 15) is 0 Å². The van der Waals surface area contributed by atoms with Gasteiger partial charge < -0.3 is 4.74 Å². The Balaban J connectivity index is 2.92. The van der Waals surface area contributed by atoms with E-state index in [0.29, 0.717) is 5.92 Å². The zero-order valence-electron chi connectivity index (χ0n) is 8.90. The summed E-state index contributed by atoms with van der Waals surface area (Å²) >= 11 is 0. The molecule has 0 fully saturated rings. The highest BCUT2D eigenvalue weighted by Gasteiger charge is 2.26. The van der Waals surface area contributed by atoms with Crippen LogP contribution in [0.3, 0.4) is 0 Å². The van der Waals surface area contributed by atoms with Crippen LogP contribution in [0.5, 0.6) is 0 Å². The van der Waals surface area contributed by atoms with Gasteiger partial charge in [0, 0.05) is 0 Å². The minimum absolute atomic E-state index is 0.288. The van der Waals surface area contributed by atoms with Gasteiger partial charge in [-0.1, -0.05) is 34.6 Å². The first-order chi connectivity index (χ1) is 5.43. The zero-order chi connectivity index (χ0) is 9.35. The fraction of sp³-hybridized carbons (Fsp3) is 0.818. The predicted molar refractivity (Wildman–Crippen MR) is 52.1 cm³/mol. The van der Waals surface area contributed by atoms with Crippen LogP contribution in [0, 0.1) is 11.3 Å². The van der Waals surface area contributed by atoms with Gasteiger partial charge in [0.15, 0.2) is 0 Å². The molecule has 1 aliphatic rings. The Morgan fingerprint density at radius 1 is 1.17 bits per heavy atom. The molecule has 1 aliphatic heterocycles. The molecule has 0 aromatic rings. The largest absolute Gasteiger partial charge is 0.373 e. The van der Waals surface area contributed by atoms with Gasteiger partial charge in [0.25, 0.3) is 0 Å². The second-order valence-electron chi connectivity index (χ2n) is 4.90. The maximum atomic E-state index is 5.48. The summed E-state index contributed by atoms with van der Waals surface area (Å²) in [5, 5.41) is 0. The summed E-state index contributed by atoms with van der Waals surface area (Å²) in [7, 11) is 0. The fourth-order valence-electron chi connectivity index (χ4n) is 1.66.